The summed E-state index contributed by atoms with van der Waals surface area (Å²) >= 11 is 0. The van der Waals surface area contributed by atoms with Gasteiger partial charge in [0.2, 0.25) is 0 Å². The maximum absolute atomic E-state index is 8.26. The Balaban J connectivity index is 0.00000176. The fraction of sp³-hybridized carbons (Fsp3) is 0. The maximum atomic E-state index is 8.26. The van der Waals surface area contributed by atoms with Gasteiger partial charge in [-0.1, -0.05) is 0 Å². The van der Waals surface area contributed by atoms with E-state index in [9.17, 15) is 0 Å². The Morgan fingerprint density at radius 2 is 0.826 bits per heavy atom. The first-order valence-corrected chi connectivity index (χ1v) is 8.85. The zero-order chi connectivity index (χ0) is 14.5. The molecule has 23 heavy (non-hydrogen) atoms. The molecule has 1 nitrogen and oxygen atoms in total. The van der Waals surface area contributed by atoms with Crippen LogP contribution in [0.25, 0.3) is 0 Å². The number of halogens is 2. The predicted molar refractivity (Wildman–Crippen MR) is 89.4 cm³/mol. The molecule has 0 amide bonds. The van der Waals surface area contributed by atoms with Crippen molar-refractivity contribution in [3.05, 3.63) is 91.0 Å². The van der Waals surface area contributed by atoms with Crippen LogP contribution in [-0.2, 0) is 22.4 Å². The van der Waals surface area contributed by atoms with Gasteiger partial charge in [-0.25, -0.2) is 0 Å². The van der Waals surface area contributed by atoms with Gasteiger partial charge in [0, 0.05) is 22.4 Å². The molecule has 0 unspecified atom stereocenters. The van der Waals surface area contributed by atoms with Gasteiger partial charge in [-0.15, -0.1) is 0 Å². The van der Waals surface area contributed by atoms with Gasteiger partial charge < -0.3 is 48.0 Å². The van der Waals surface area contributed by atoms with E-state index < -0.39 is 7.41 Å². The van der Waals surface area contributed by atoms with Crippen LogP contribution in [0.1, 0.15) is 0 Å². The van der Waals surface area contributed by atoms with Gasteiger partial charge in [0.25, 0.3) is 0 Å². The molecule has 0 saturated carbocycles. The molecule has 0 bridgehead atoms. The minimum Gasteiger partial charge on any atom is -1.00 e. The van der Waals surface area contributed by atoms with Crippen molar-refractivity contribution in [2.45, 2.75) is 0 Å². The van der Waals surface area contributed by atoms with Crippen LogP contribution in [0.3, 0.4) is 0 Å². The average Bonchev–Trinajstić information content (AvgIpc) is 2.59. The molecule has 3 aromatic rings. The van der Waals surface area contributed by atoms with E-state index in [0.29, 0.717) is 0 Å². The molecule has 0 aliphatic carbocycles. The minimum atomic E-state index is -2.36. The van der Waals surface area contributed by atoms with Crippen LogP contribution in [0, 0.1) is 0 Å². The van der Waals surface area contributed by atoms with Crippen molar-refractivity contribution >= 4 is 23.3 Å². The van der Waals surface area contributed by atoms with Crippen molar-refractivity contribution in [3.63, 3.8) is 0 Å². The van der Waals surface area contributed by atoms with Crippen LogP contribution in [-0.4, -0.2) is 0 Å². The molecule has 127 valence electrons. The maximum Gasteiger partial charge on any atom is 0 e. The van der Waals surface area contributed by atoms with Gasteiger partial charge in [0.05, 0.1) is 0 Å². The molecule has 0 aliphatic heterocycles. The average molecular weight is 733 g/mol. The number of hydrogen-bond donors (Lipinski definition) is 1. The largest absolute Gasteiger partial charge is 1.00 e. The van der Waals surface area contributed by atoms with Gasteiger partial charge in [-0.05, 0) is 0 Å². The summed E-state index contributed by atoms with van der Waals surface area (Å²) in [6.07, 6.45) is 0. The zero-order valence-corrected chi connectivity index (χ0v) is 19.8. The Kier molecular flexibility index (Phi) is 10.2. The SMILES string of the molecule is [3H][NH2+][PH](c1ccccc1)(c1ccccc1)c1ccccc1.[Au].[I-].[I-]. The van der Waals surface area contributed by atoms with Gasteiger partial charge in [-0.3, -0.25) is 0 Å². The standard InChI is InChI=1S/C18H18NP.Au.2HI/c19-20(16-10-4-1-5-11-16,17-12-6-2-7-13-17)18-14-8-3-9-15-18;;;/h1-15,20H,19H2;;2*1H/p-1/i/hT. The van der Waals surface area contributed by atoms with Crippen LogP contribution in [0.5, 0.6) is 0 Å². The summed E-state index contributed by atoms with van der Waals surface area (Å²) in [7, 11) is -2.36. The second-order valence-electron chi connectivity index (χ2n) is 4.91. The van der Waals surface area contributed by atoms with Crippen molar-refractivity contribution < 1.29 is 77.2 Å². The fourth-order valence-electron chi connectivity index (χ4n) is 2.60. The normalized spacial score (nSPS) is 11.0. The van der Waals surface area contributed by atoms with E-state index in [4.69, 9.17) is 1.41 Å². The van der Waals surface area contributed by atoms with Crippen LogP contribution in [0.15, 0.2) is 91.0 Å². The monoisotopic (exact) mass is 733 g/mol. The molecule has 0 saturated heterocycles. The van der Waals surface area contributed by atoms with E-state index in [0.717, 1.165) is 0 Å². The summed E-state index contributed by atoms with van der Waals surface area (Å²) < 4.78 is 8.26. The van der Waals surface area contributed by atoms with Crippen molar-refractivity contribution in [1.82, 2.24) is 0 Å². The molecule has 3 aromatic carbocycles. The smallest absolute Gasteiger partial charge is 0 e. The first-order valence-electron chi connectivity index (χ1n) is 7.35. The molecule has 0 aliphatic rings. The molecule has 0 spiro atoms. The van der Waals surface area contributed by atoms with Crippen molar-refractivity contribution in [2.75, 3.05) is 0 Å². The Morgan fingerprint density at radius 1 is 0.565 bits per heavy atom. The van der Waals surface area contributed by atoms with E-state index in [-0.39, 0.29) is 70.3 Å². The van der Waals surface area contributed by atoms with Crippen LogP contribution < -0.4 is 69.4 Å². The van der Waals surface area contributed by atoms with Gasteiger partial charge in [0.1, 0.15) is 0 Å². The van der Waals surface area contributed by atoms with E-state index in [1.807, 2.05) is 18.2 Å². The third-order valence-corrected chi connectivity index (χ3v) is 7.42. The van der Waals surface area contributed by atoms with Crippen molar-refractivity contribution in [3.8, 4) is 0 Å². The summed E-state index contributed by atoms with van der Waals surface area (Å²) in [6.45, 7) is 0. The van der Waals surface area contributed by atoms with Gasteiger partial charge in [0.15, 0.2) is 0 Å². The molecule has 0 heterocycles. The topological polar surface area (TPSA) is 27.6 Å². The molecule has 3 rings (SSSR count). The molecule has 0 atom stereocenters. The predicted octanol–water partition coefficient (Wildman–Crippen LogP) is -4.12. The zero-order valence-electron chi connectivity index (χ0n) is 13.3. The first kappa shape index (κ1) is 21.3. The summed E-state index contributed by atoms with van der Waals surface area (Å²) in [5.41, 5.74) is 1.69. The number of hydrogen-bond acceptors (Lipinski definition) is 0. The second-order valence-corrected chi connectivity index (χ2v) is 8.25. The molecular formula is C18H19AuI2NP-. The number of rotatable bonds is 4. The Bertz CT molecular complexity index is 605. The third-order valence-electron chi connectivity index (χ3n) is 3.69. The summed E-state index contributed by atoms with van der Waals surface area (Å²) in [6, 6.07) is 31.4. The van der Waals surface area contributed by atoms with E-state index >= 15 is 0 Å². The molecular weight excluding hydrogens is 712 g/mol. The van der Waals surface area contributed by atoms with E-state index in [1.54, 1.807) is 5.50 Å². The first-order chi connectivity index (χ1) is 10.4. The number of benzene rings is 3. The summed E-state index contributed by atoms with van der Waals surface area (Å²) in [5.74, 6) is 0. The minimum absolute atomic E-state index is 0. The number of quaternary nitrogens is 1. The van der Waals surface area contributed by atoms with Crippen molar-refractivity contribution in [2.24, 2.45) is 0 Å². The molecule has 1 radical (unpaired) electrons. The second kappa shape index (κ2) is 11.0. The quantitative estimate of drug-likeness (QED) is 0.161. The Labute approximate surface area is 189 Å². The van der Waals surface area contributed by atoms with Crippen molar-refractivity contribution in [1.29, 1.82) is 0 Å². The Morgan fingerprint density at radius 3 is 1.04 bits per heavy atom. The summed E-state index contributed by atoms with van der Waals surface area (Å²) in [5, 5.41) is 3.74. The fourth-order valence-corrected chi connectivity index (χ4v) is 5.76. The van der Waals surface area contributed by atoms with Gasteiger partial charge in [-0.2, -0.15) is 0 Å². The molecule has 5 heteroatoms. The van der Waals surface area contributed by atoms with E-state index in [1.165, 1.54) is 15.9 Å². The molecule has 0 aromatic heterocycles. The van der Waals surface area contributed by atoms with Gasteiger partial charge >= 0.3 is 121 Å². The Hall–Kier alpha value is 0.250. The molecule has 0 fully saturated rings. The van der Waals surface area contributed by atoms with Crippen LogP contribution in [0.4, 0.5) is 0 Å². The third kappa shape index (κ3) is 5.11. The van der Waals surface area contributed by atoms with E-state index in [2.05, 4.69) is 72.8 Å². The molecule has 3 N–H and O–H groups in total. The summed E-state index contributed by atoms with van der Waals surface area (Å²) in [4.78, 5) is 0. The van der Waals surface area contributed by atoms with Crippen LogP contribution in [0.2, 0.25) is 1.41 Å². The van der Waals surface area contributed by atoms with Crippen LogP contribution >= 0.6 is 7.41 Å².